The van der Waals surface area contributed by atoms with Crippen LogP contribution in [0, 0.1) is 0 Å². The van der Waals surface area contributed by atoms with Crippen molar-refractivity contribution in [1.29, 1.82) is 0 Å². The highest BCUT2D eigenvalue weighted by atomic mass is 35.5. The van der Waals surface area contributed by atoms with E-state index in [1.807, 2.05) is 41.4 Å². The van der Waals surface area contributed by atoms with E-state index >= 15 is 0 Å². The summed E-state index contributed by atoms with van der Waals surface area (Å²) in [5.41, 5.74) is 6.98. The number of benzene rings is 1. The van der Waals surface area contributed by atoms with E-state index in [0.717, 1.165) is 51.5 Å². The fraction of sp³-hybridized carbons (Fsp3) is 0.455. The molecule has 1 aromatic heterocycles. The summed E-state index contributed by atoms with van der Waals surface area (Å²) in [6.07, 6.45) is 3.26. The molecule has 0 radical (unpaired) electrons. The van der Waals surface area contributed by atoms with Crippen LogP contribution in [-0.4, -0.2) is 73.0 Å². The Morgan fingerprint density at radius 2 is 1.67 bits per heavy atom. The molecule has 1 aromatic carbocycles. The second-order valence-corrected chi connectivity index (χ2v) is 7.17. The molecule has 1 aliphatic rings. The zero-order valence-corrected chi connectivity index (χ0v) is 19.0. The summed E-state index contributed by atoms with van der Waals surface area (Å²) in [6, 6.07) is 16.3. The number of halogens is 2. The Balaban J connectivity index is 0.00000225. The Kier molecular flexibility index (Phi) is 12.4. The Labute approximate surface area is 192 Å². The molecular weight excluding hydrogens is 421 g/mol. The van der Waals surface area contributed by atoms with E-state index < -0.39 is 0 Å². The highest BCUT2D eigenvalue weighted by Crippen LogP contribution is 2.13. The number of aromatic nitrogens is 1. The maximum atomic E-state index is 12.7. The number of carbonyl (C=O) groups is 1. The molecule has 6 nitrogen and oxygen atoms in total. The Morgan fingerprint density at radius 1 is 0.967 bits per heavy atom. The van der Waals surface area contributed by atoms with Crippen molar-refractivity contribution in [2.75, 3.05) is 57.3 Å². The van der Waals surface area contributed by atoms with Gasteiger partial charge in [0.1, 0.15) is 5.82 Å². The minimum atomic E-state index is 0. The van der Waals surface area contributed by atoms with Gasteiger partial charge in [-0.2, -0.15) is 0 Å². The van der Waals surface area contributed by atoms with Gasteiger partial charge in [-0.25, -0.2) is 4.98 Å². The normalized spacial score (nSPS) is 13.8. The van der Waals surface area contributed by atoms with Crippen LogP contribution in [0.25, 0.3) is 0 Å². The minimum Gasteiger partial charge on any atom is -0.354 e. The number of anilines is 1. The summed E-state index contributed by atoms with van der Waals surface area (Å²) in [4.78, 5) is 23.7. The smallest absolute Gasteiger partial charge is 0.223 e. The monoisotopic (exact) mass is 453 g/mol. The largest absolute Gasteiger partial charge is 0.354 e. The summed E-state index contributed by atoms with van der Waals surface area (Å²) in [7, 11) is 0. The van der Waals surface area contributed by atoms with Crippen molar-refractivity contribution >= 4 is 36.5 Å². The van der Waals surface area contributed by atoms with Crippen molar-refractivity contribution in [2.24, 2.45) is 5.73 Å². The molecule has 0 spiro atoms. The Hall–Kier alpha value is -1.86. The lowest BCUT2D eigenvalue weighted by Crippen LogP contribution is -2.48. The number of pyridine rings is 1. The first-order valence-corrected chi connectivity index (χ1v) is 10.2. The number of piperazine rings is 1. The molecule has 0 unspecified atom stereocenters. The van der Waals surface area contributed by atoms with Crippen molar-refractivity contribution in [3.63, 3.8) is 0 Å². The molecule has 0 saturated carbocycles. The average molecular weight is 454 g/mol. The van der Waals surface area contributed by atoms with Crippen molar-refractivity contribution in [1.82, 2.24) is 14.8 Å². The first-order valence-electron chi connectivity index (χ1n) is 10.2. The van der Waals surface area contributed by atoms with Gasteiger partial charge in [0.05, 0.1) is 0 Å². The molecule has 3 rings (SSSR count). The van der Waals surface area contributed by atoms with Crippen LogP contribution in [0.15, 0.2) is 54.7 Å². The van der Waals surface area contributed by atoms with Crippen molar-refractivity contribution in [3.8, 4) is 0 Å². The van der Waals surface area contributed by atoms with Gasteiger partial charge in [0, 0.05) is 65.0 Å². The van der Waals surface area contributed by atoms with Crippen molar-refractivity contribution in [2.45, 2.75) is 12.8 Å². The summed E-state index contributed by atoms with van der Waals surface area (Å²) in [5.74, 6) is 1.24. The second-order valence-electron chi connectivity index (χ2n) is 7.17. The van der Waals surface area contributed by atoms with Gasteiger partial charge in [-0.15, -0.1) is 24.8 Å². The number of hydrogen-bond donors (Lipinski definition) is 1. The molecule has 2 aromatic rings. The van der Waals surface area contributed by atoms with Crippen LogP contribution in [-0.2, 0) is 11.2 Å². The predicted molar refractivity (Wildman–Crippen MR) is 128 cm³/mol. The van der Waals surface area contributed by atoms with E-state index in [4.69, 9.17) is 5.73 Å². The second kappa shape index (κ2) is 14.2. The average Bonchev–Trinajstić information content (AvgIpc) is 2.76. The summed E-state index contributed by atoms with van der Waals surface area (Å²) in [6.45, 7) is 6.49. The van der Waals surface area contributed by atoms with Gasteiger partial charge in [-0.3, -0.25) is 9.69 Å². The molecule has 166 valence electrons. The lowest BCUT2D eigenvalue weighted by molar-refractivity contribution is -0.131. The van der Waals surface area contributed by atoms with Crippen LogP contribution in [0.3, 0.4) is 0 Å². The van der Waals surface area contributed by atoms with E-state index in [2.05, 4.69) is 33.0 Å². The number of nitrogens with two attached hydrogens (primary N) is 1. The third-order valence-corrected chi connectivity index (χ3v) is 5.25. The van der Waals surface area contributed by atoms with E-state index in [1.54, 1.807) is 0 Å². The quantitative estimate of drug-likeness (QED) is 0.631. The highest BCUT2D eigenvalue weighted by Gasteiger charge is 2.20. The fourth-order valence-electron chi connectivity index (χ4n) is 3.58. The molecule has 0 atom stereocenters. The zero-order valence-electron chi connectivity index (χ0n) is 17.4. The van der Waals surface area contributed by atoms with Crippen LogP contribution in [0.5, 0.6) is 0 Å². The van der Waals surface area contributed by atoms with Gasteiger partial charge in [-0.1, -0.05) is 36.4 Å². The first-order chi connectivity index (χ1) is 13.8. The molecule has 1 amide bonds. The standard InChI is InChI=1S/C22H31N5O.2ClH/c23-11-15-27(14-9-20-6-2-1-3-7-20)22(28)10-13-25-16-18-26(19-17-25)21-8-4-5-12-24-21;;/h1-8,12H,9-11,13-19,23H2;2*1H. The third-order valence-electron chi connectivity index (χ3n) is 5.25. The Morgan fingerprint density at radius 3 is 2.30 bits per heavy atom. The number of carbonyl (C=O) groups excluding carboxylic acids is 1. The van der Waals surface area contributed by atoms with Crippen LogP contribution < -0.4 is 10.6 Å². The molecule has 0 bridgehead atoms. The molecule has 2 heterocycles. The lowest BCUT2D eigenvalue weighted by Gasteiger charge is -2.35. The van der Waals surface area contributed by atoms with Crippen LogP contribution in [0.1, 0.15) is 12.0 Å². The van der Waals surface area contributed by atoms with Crippen molar-refractivity contribution < 1.29 is 4.79 Å². The first kappa shape index (κ1) is 26.2. The predicted octanol–water partition coefficient (Wildman–Crippen LogP) is 2.47. The van der Waals surface area contributed by atoms with Crippen LogP contribution >= 0.6 is 24.8 Å². The molecule has 1 fully saturated rings. The lowest BCUT2D eigenvalue weighted by atomic mass is 10.1. The molecule has 2 N–H and O–H groups in total. The van der Waals surface area contributed by atoms with E-state index in [-0.39, 0.29) is 30.7 Å². The number of rotatable bonds is 9. The maximum absolute atomic E-state index is 12.7. The third kappa shape index (κ3) is 8.11. The van der Waals surface area contributed by atoms with E-state index in [1.165, 1.54) is 5.56 Å². The van der Waals surface area contributed by atoms with Crippen LogP contribution in [0.2, 0.25) is 0 Å². The topological polar surface area (TPSA) is 65.7 Å². The molecule has 30 heavy (non-hydrogen) atoms. The van der Waals surface area contributed by atoms with Gasteiger partial charge in [0.25, 0.3) is 0 Å². The molecule has 0 aliphatic carbocycles. The molecular formula is C22H33Cl2N5O. The molecule has 8 heteroatoms. The van der Waals surface area contributed by atoms with Gasteiger partial charge < -0.3 is 15.5 Å². The van der Waals surface area contributed by atoms with Gasteiger partial charge in [0.15, 0.2) is 0 Å². The van der Waals surface area contributed by atoms with Gasteiger partial charge >= 0.3 is 0 Å². The van der Waals surface area contributed by atoms with E-state index in [0.29, 0.717) is 19.5 Å². The molecule has 1 aliphatic heterocycles. The summed E-state index contributed by atoms with van der Waals surface area (Å²) < 4.78 is 0. The highest BCUT2D eigenvalue weighted by molar-refractivity contribution is 5.85. The zero-order chi connectivity index (χ0) is 19.6. The fourth-order valence-corrected chi connectivity index (χ4v) is 3.58. The maximum Gasteiger partial charge on any atom is 0.223 e. The Bertz CT molecular complexity index is 712. The molecule has 1 saturated heterocycles. The summed E-state index contributed by atoms with van der Waals surface area (Å²) >= 11 is 0. The van der Waals surface area contributed by atoms with Gasteiger partial charge in [-0.05, 0) is 24.1 Å². The summed E-state index contributed by atoms with van der Waals surface area (Å²) in [5, 5.41) is 0. The number of nitrogens with zero attached hydrogens (tertiary/aromatic N) is 4. The minimum absolute atomic E-state index is 0. The SMILES string of the molecule is Cl.Cl.NCCN(CCc1ccccc1)C(=O)CCN1CCN(c2ccccn2)CC1. The number of hydrogen-bond acceptors (Lipinski definition) is 5. The number of amides is 1. The van der Waals surface area contributed by atoms with Crippen LogP contribution in [0.4, 0.5) is 5.82 Å². The van der Waals surface area contributed by atoms with E-state index in [9.17, 15) is 4.79 Å². The van der Waals surface area contributed by atoms with Crippen molar-refractivity contribution in [3.05, 3.63) is 60.3 Å². The van der Waals surface area contributed by atoms with Gasteiger partial charge in [0.2, 0.25) is 5.91 Å².